The van der Waals surface area contributed by atoms with Crippen LogP contribution >= 0.6 is 0 Å². The molecule has 0 aromatic heterocycles. The standard InChI is InChI=1S/C9H18N2/c1-9(2,3)7-5-4-6-8-11-10/h6,8,10H,4-5,7H2,1-3H3/b8-6-,11-10?. The summed E-state index contributed by atoms with van der Waals surface area (Å²) in [6, 6.07) is 0. The topological polar surface area (TPSA) is 36.2 Å². The average Bonchev–Trinajstić information content (AvgIpc) is 1.85. The summed E-state index contributed by atoms with van der Waals surface area (Å²) >= 11 is 0. The van der Waals surface area contributed by atoms with E-state index in [-0.39, 0.29) is 0 Å². The van der Waals surface area contributed by atoms with Gasteiger partial charge in [-0.05, 0) is 24.7 Å². The lowest BCUT2D eigenvalue weighted by Crippen LogP contribution is -2.03. The minimum atomic E-state index is 0.436. The van der Waals surface area contributed by atoms with E-state index in [2.05, 4.69) is 25.9 Å². The van der Waals surface area contributed by atoms with Gasteiger partial charge in [0.15, 0.2) is 0 Å². The predicted molar refractivity (Wildman–Crippen MR) is 47.6 cm³/mol. The molecule has 0 aliphatic heterocycles. The summed E-state index contributed by atoms with van der Waals surface area (Å²) in [5, 5.41) is 3.14. The first-order valence-corrected chi connectivity index (χ1v) is 4.08. The number of hydrogen-bond acceptors (Lipinski definition) is 2. The Morgan fingerprint density at radius 1 is 1.36 bits per heavy atom. The molecule has 0 saturated carbocycles. The van der Waals surface area contributed by atoms with Crippen molar-refractivity contribution in [3.8, 4) is 0 Å². The monoisotopic (exact) mass is 154 g/mol. The molecular weight excluding hydrogens is 136 g/mol. The Bertz CT molecular complexity index is 131. The predicted octanol–water partition coefficient (Wildman–Crippen LogP) is 3.75. The van der Waals surface area contributed by atoms with Crippen LogP contribution in [0.25, 0.3) is 0 Å². The number of hydrogen-bond donors (Lipinski definition) is 1. The van der Waals surface area contributed by atoms with Gasteiger partial charge >= 0.3 is 0 Å². The van der Waals surface area contributed by atoms with Crippen LogP contribution in [0.2, 0.25) is 0 Å². The third-order valence-electron chi connectivity index (χ3n) is 1.48. The first-order chi connectivity index (χ1) is 5.06. The number of nitrogens with zero attached hydrogens (tertiary/aromatic N) is 1. The molecule has 64 valence electrons. The van der Waals surface area contributed by atoms with E-state index in [4.69, 9.17) is 5.53 Å². The van der Waals surface area contributed by atoms with Gasteiger partial charge in [-0.2, -0.15) is 5.11 Å². The van der Waals surface area contributed by atoms with Gasteiger partial charge < -0.3 is 0 Å². The third kappa shape index (κ3) is 9.34. The highest BCUT2D eigenvalue weighted by molar-refractivity contribution is 4.77. The Labute approximate surface area is 69.2 Å². The van der Waals surface area contributed by atoms with Crippen LogP contribution in [-0.4, -0.2) is 0 Å². The van der Waals surface area contributed by atoms with E-state index in [1.165, 1.54) is 12.8 Å². The quantitative estimate of drug-likeness (QED) is 0.473. The van der Waals surface area contributed by atoms with Crippen LogP contribution in [0.4, 0.5) is 0 Å². The fraction of sp³-hybridized carbons (Fsp3) is 0.778. The highest BCUT2D eigenvalue weighted by Gasteiger charge is 2.07. The largest absolute Gasteiger partial charge is 0.205 e. The lowest BCUT2D eigenvalue weighted by atomic mass is 9.90. The second-order valence-corrected chi connectivity index (χ2v) is 3.97. The zero-order valence-electron chi connectivity index (χ0n) is 7.72. The van der Waals surface area contributed by atoms with Crippen LogP contribution in [0.15, 0.2) is 17.4 Å². The Balaban J connectivity index is 3.28. The molecule has 2 heteroatoms. The molecule has 0 amide bonds. The van der Waals surface area contributed by atoms with Crippen LogP contribution in [0.5, 0.6) is 0 Å². The SMILES string of the molecule is CC(C)(C)CCC/C=C\N=N. The van der Waals surface area contributed by atoms with Crippen molar-refractivity contribution < 1.29 is 0 Å². The average molecular weight is 154 g/mol. The summed E-state index contributed by atoms with van der Waals surface area (Å²) in [4.78, 5) is 0. The maximum atomic E-state index is 6.50. The van der Waals surface area contributed by atoms with Crippen molar-refractivity contribution >= 4 is 0 Å². The maximum Gasteiger partial charge on any atom is 0.0448 e. The smallest absolute Gasteiger partial charge is 0.0448 e. The van der Waals surface area contributed by atoms with E-state index in [1.807, 2.05) is 6.08 Å². The molecule has 0 radical (unpaired) electrons. The molecule has 0 atom stereocenters. The molecule has 0 aromatic carbocycles. The first-order valence-electron chi connectivity index (χ1n) is 4.08. The molecule has 2 nitrogen and oxygen atoms in total. The summed E-state index contributed by atoms with van der Waals surface area (Å²) in [5.41, 5.74) is 6.94. The third-order valence-corrected chi connectivity index (χ3v) is 1.48. The van der Waals surface area contributed by atoms with E-state index < -0.39 is 0 Å². The first kappa shape index (κ1) is 10.3. The van der Waals surface area contributed by atoms with Gasteiger partial charge in [-0.3, -0.25) is 0 Å². The van der Waals surface area contributed by atoms with E-state index in [0.29, 0.717) is 5.41 Å². The lowest BCUT2D eigenvalue weighted by Gasteiger charge is -2.16. The van der Waals surface area contributed by atoms with Crippen molar-refractivity contribution in [3.63, 3.8) is 0 Å². The molecule has 0 unspecified atom stereocenters. The molecule has 0 aliphatic rings. The van der Waals surface area contributed by atoms with Gasteiger partial charge in [-0.25, -0.2) is 5.53 Å². The van der Waals surface area contributed by atoms with Crippen molar-refractivity contribution in [2.24, 2.45) is 10.5 Å². The second-order valence-electron chi connectivity index (χ2n) is 3.97. The number of unbranched alkanes of at least 4 members (excludes halogenated alkanes) is 1. The zero-order chi connectivity index (χ0) is 8.74. The fourth-order valence-corrected chi connectivity index (χ4v) is 0.877. The zero-order valence-corrected chi connectivity index (χ0v) is 7.72. The molecule has 0 aliphatic carbocycles. The van der Waals surface area contributed by atoms with E-state index in [0.717, 1.165) is 6.42 Å². The van der Waals surface area contributed by atoms with Crippen molar-refractivity contribution in [3.05, 3.63) is 12.3 Å². The van der Waals surface area contributed by atoms with Crippen molar-refractivity contribution in [1.82, 2.24) is 0 Å². The van der Waals surface area contributed by atoms with Gasteiger partial charge in [0.2, 0.25) is 0 Å². The normalized spacial score (nSPS) is 12.3. The van der Waals surface area contributed by atoms with Gasteiger partial charge in [-0.1, -0.05) is 26.8 Å². The van der Waals surface area contributed by atoms with E-state index in [1.54, 1.807) is 6.20 Å². The summed E-state index contributed by atoms with van der Waals surface area (Å²) in [6.07, 6.45) is 6.95. The minimum absolute atomic E-state index is 0.436. The summed E-state index contributed by atoms with van der Waals surface area (Å²) in [6.45, 7) is 6.72. The Morgan fingerprint density at radius 2 is 2.00 bits per heavy atom. The van der Waals surface area contributed by atoms with E-state index in [9.17, 15) is 0 Å². The van der Waals surface area contributed by atoms with Gasteiger partial charge in [0, 0.05) is 6.20 Å². The fourth-order valence-electron chi connectivity index (χ4n) is 0.877. The molecule has 11 heavy (non-hydrogen) atoms. The minimum Gasteiger partial charge on any atom is -0.205 e. The summed E-state index contributed by atoms with van der Waals surface area (Å²) in [7, 11) is 0. The molecule has 0 fully saturated rings. The Morgan fingerprint density at radius 3 is 2.45 bits per heavy atom. The van der Waals surface area contributed by atoms with Crippen LogP contribution in [0, 0.1) is 10.9 Å². The van der Waals surface area contributed by atoms with Crippen LogP contribution < -0.4 is 0 Å². The Kier molecular flexibility index (Phi) is 4.75. The number of nitrogens with one attached hydrogen (secondary N) is 1. The molecule has 1 N–H and O–H groups in total. The Hall–Kier alpha value is -0.660. The van der Waals surface area contributed by atoms with E-state index >= 15 is 0 Å². The molecule has 0 bridgehead atoms. The van der Waals surface area contributed by atoms with Gasteiger partial charge in [0.05, 0.1) is 0 Å². The van der Waals surface area contributed by atoms with Gasteiger partial charge in [0.1, 0.15) is 0 Å². The summed E-state index contributed by atoms with van der Waals surface area (Å²) in [5.74, 6) is 0. The van der Waals surface area contributed by atoms with Crippen molar-refractivity contribution in [1.29, 1.82) is 5.53 Å². The summed E-state index contributed by atoms with van der Waals surface area (Å²) < 4.78 is 0. The molecule has 0 spiro atoms. The second kappa shape index (κ2) is 5.05. The lowest BCUT2D eigenvalue weighted by molar-refractivity contribution is 0.367. The van der Waals surface area contributed by atoms with Crippen LogP contribution in [-0.2, 0) is 0 Å². The molecular formula is C9H18N2. The molecule has 0 aromatic rings. The molecule has 0 heterocycles. The highest BCUT2D eigenvalue weighted by atomic mass is 14.9. The maximum absolute atomic E-state index is 6.50. The van der Waals surface area contributed by atoms with Gasteiger partial charge in [0.25, 0.3) is 0 Å². The molecule has 0 saturated heterocycles. The van der Waals surface area contributed by atoms with Crippen LogP contribution in [0.1, 0.15) is 40.0 Å². The number of allylic oxidation sites excluding steroid dienone is 1. The van der Waals surface area contributed by atoms with Crippen LogP contribution in [0.3, 0.4) is 0 Å². The molecule has 0 rings (SSSR count). The van der Waals surface area contributed by atoms with Crippen molar-refractivity contribution in [2.75, 3.05) is 0 Å². The van der Waals surface area contributed by atoms with Crippen molar-refractivity contribution in [2.45, 2.75) is 40.0 Å². The highest BCUT2D eigenvalue weighted by Crippen LogP contribution is 2.21. The number of rotatable bonds is 4. The van der Waals surface area contributed by atoms with Gasteiger partial charge in [-0.15, -0.1) is 0 Å².